The predicted molar refractivity (Wildman–Crippen MR) is 112 cm³/mol. The summed E-state index contributed by atoms with van der Waals surface area (Å²) in [4.78, 5) is 22.3. The fourth-order valence-electron chi connectivity index (χ4n) is 5.02. The van der Waals surface area contributed by atoms with Crippen LogP contribution in [0.25, 0.3) is 22.5 Å². The number of nitrogens with zero attached hydrogens (tertiary/aromatic N) is 2. The molecule has 3 aromatic rings. The first-order valence-corrected chi connectivity index (χ1v) is 10.0. The summed E-state index contributed by atoms with van der Waals surface area (Å²) < 4.78 is 14.3. The highest BCUT2D eigenvalue weighted by molar-refractivity contribution is 5.95. The Hall–Kier alpha value is -3.03. The number of nitrogens with two attached hydrogens (primary N) is 1. The first kappa shape index (κ1) is 19.0. The van der Waals surface area contributed by atoms with Gasteiger partial charge in [-0.15, -0.1) is 0 Å². The van der Waals surface area contributed by atoms with Gasteiger partial charge in [0.05, 0.1) is 17.0 Å². The number of rotatable bonds is 4. The Bertz CT molecular complexity index is 1160. The molecule has 0 atom stereocenters. The van der Waals surface area contributed by atoms with Gasteiger partial charge in [-0.05, 0) is 49.2 Å². The lowest BCUT2D eigenvalue weighted by atomic mass is 9.75. The van der Waals surface area contributed by atoms with Crippen LogP contribution in [0.3, 0.4) is 0 Å². The quantitative estimate of drug-likeness (QED) is 0.619. The van der Waals surface area contributed by atoms with Crippen LogP contribution in [0.2, 0.25) is 0 Å². The second kappa shape index (κ2) is 6.75. The number of H-pyrrole nitrogens is 1. The zero-order valence-corrected chi connectivity index (χ0v) is 16.7. The number of aromatic amines is 1. The molecule has 1 saturated heterocycles. The first-order valence-electron chi connectivity index (χ1n) is 10.0. The van der Waals surface area contributed by atoms with Crippen molar-refractivity contribution >= 4 is 5.97 Å². The van der Waals surface area contributed by atoms with Gasteiger partial charge in [0.2, 0.25) is 0 Å². The third-order valence-electron chi connectivity index (χ3n) is 6.43. The number of hydrogen-bond donors (Lipinski definition) is 3. The Kier molecular flexibility index (Phi) is 4.27. The summed E-state index contributed by atoms with van der Waals surface area (Å²) in [5, 5.41) is 10.0. The van der Waals surface area contributed by atoms with Crippen molar-refractivity contribution in [2.24, 2.45) is 5.73 Å². The molecule has 4 N–H and O–H groups in total. The molecular formula is C23H23FN4O2. The summed E-state index contributed by atoms with van der Waals surface area (Å²) in [5.41, 5.74) is 11.2. The van der Waals surface area contributed by atoms with Gasteiger partial charge >= 0.3 is 5.97 Å². The second-order valence-electron chi connectivity index (χ2n) is 8.40. The summed E-state index contributed by atoms with van der Waals surface area (Å²) >= 11 is 0. The highest BCUT2D eigenvalue weighted by Gasteiger charge is 2.46. The third kappa shape index (κ3) is 2.69. The first-order chi connectivity index (χ1) is 14.4. The van der Waals surface area contributed by atoms with Crippen LogP contribution in [0.1, 0.15) is 27.2 Å². The molecule has 2 aromatic heterocycles. The zero-order valence-electron chi connectivity index (χ0n) is 16.7. The smallest absolute Gasteiger partial charge is 0.337 e. The predicted octanol–water partition coefficient (Wildman–Crippen LogP) is 2.82. The van der Waals surface area contributed by atoms with Crippen molar-refractivity contribution in [3.8, 4) is 22.5 Å². The number of likely N-dealkylation sites (N-methyl/N-ethyl adjacent to an activating group) is 1. The van der Waals surface area contributed by atoms with Crippen LogP contribution in [0, 0.1) is 5.82 Å². The number of carboxylic acid groups (broad SMARTS) is 1. The number of aryl methyl sites for hydroxylation is 1. The van der Waals surface area contributed by atoms with Crippen LogP contribution in [-0.4, -0.2) is 52.6 Å². The number of nitrogens with one attached hydrogen (secondary N) is 1. The highest BCUT2D eigenvalue weighted by atomic mass is 19.1. The zero-order chi connectivity index (χ0) is 21.0. The van der Waals surface area contributed by atoms with E-state index in [0.717, 1.165) is 22.4 Å². The number of aromatic carboxylic acids is 1. The topological polar surface area (TPSA) is 95.2 Å². The van der Waals surface area contributed by atoms with Crippen LogP contribution in [0.4, 0.5) is 4.39 Å². The van der Waals surface area contributed by atoms with Crippen molar-refractivity contribution in [1.82, 2.24) is 14.9 Å². The molecule has 1 aliphatic carbocycles. The third-order valence-corrected chi connectivity index (χ3v) is 6.43. The molecule has 5 rings (SSSR count). The van der Waals surface area contributed by atoms with Crippen molar-refractivity contribution in [3.63, 3.8) is 0 Å². The van der Waals surface area contributed by atoms with E-state index in [0.29, 0.717) is 55.0 Å². The normalized spacial score (nSPS) is 17.2. The van der Waals surface area contributed by atoms with E-state index in [1.54, 1.807) is 24.4 Å². The van der Waals surface area contributed by atoms with E-state index >= 15 is 0 Å². The number of halogens is 1. The molecule has 0 amide bonds. The molecule has 0 spiro atoms. The van der Waals surface area contributed by atoms with Crippen molar-refractivity contribution in [3.05, 3.63) is 64.7 Å². The maximum absolute atomic E-state index is 14.3. The molecule has 1 fully saturated rings. The number of pyridine rings is 1. The largest absolute Gasteiger partial charge is 0.478 e. The Morgan fingerprint density at radius 2 is 2.07 bits per heavy atom. The minimum Gasteiger partial charge on any atom is -0.478 e. The molecular weight excluding hydrogens is 383 g/mol. The summed E-state index contributed by atoms with van der Waals surface area (Å²) in [6.45, 7) is 1.81. The average molecular weight is 406 g/mol. The minimum absolute atomic E-state index is 0.334. The molecule has 6 nitrogen and oxygen atoms in total. The lowest BCUT2D eigenvalue weighted by Gasteiger charge is -2.48. The van der Waals surface area contributed by atoms with Crippen molar-refractivity contribution in [2.75, 3.05) is 26.7 Å². The number of hydrogen-bond acceptors (Lipinski definition) is 4. The van der Waals surface area contributed by atoms with Crippen molar-refractivity contribution < 1.29 is 14.3 Å². The fraction of sp³-hybridized carbons (Fsp3) is 0.304. The van der Waals surface area contributed by atoms with Gasteiger partial charge in [0, 0.05) is 48.1 Å². The molecule has 0 radical (unpaired) electrons. The Morgan fingerprint density at radius 1 is 1.30 bits per heavy atom. The van der Waals surface area contributed by atoms with E-state index in [9.17, 15) is 14.3 Å². The minimum atomic E-state index is -0.934. The van der Waals surface area contributed by atoms with Crippen molar-refractivity contribution in [1.29, 1.82) is 0 Å². The van der Waals surface area contributed by atoms with Crippen LogP contribution < -0.4 is 5.73 Å². The summed E-state index contributed by atoms with van der Waals surface area (Å²) in [6.07, 6.45) is 3.09. The van der Waals surface area contributed by atoms with Gasteiger partial charge in [-0.1, -0.05) is 12.1 Å². The van der Waals surface area contributed by atoms with Gasteiger partial charge in [0.15, 0.2) is 0 Å². The lowest BCUT2D eigenvalue weighted by Crippen LogP contribution is -2.61. The van der Waals surface area contributed by atoms with E-state index in [1.165, 1.54) is 6.07 Å². The number of aromatic nitrogens is 2. The van der Waals surface area contributed by atoms with Crippen LogP contribution in [-0.2, 0) is 18.3 Å². The van der Waals surface area contributed by atoms with Gasteiger partial charge in [-0.25, -0.2) is 9.18 Å². The van der Waals surface area contributed by atoms with Gasteiger partial charge in [0.25, 0.3) is 0 Å². The van der Waals surface area contributed by atoms with E-state index < -0.39 is 5.97 Å². The van der Waals surface area contributed by atoms with Crippen LogP contribution in [0.5, 0.6) is 0 Å². The average Bonchev–Trinajstić information content (AvgIpc) is 3.12. The number of benzene rings is 1. The second-order valence-corrected chi connectivity index (χ2v) is 8.40. The molecule has 30 heavy (non-hydrogen) atoms. The Balaban J connectivity index is 1.69. The molecule has 0 bridgehead atoms. The maximum atomic E-state index is 14.3. The standard InChI is InChI=1S/C23H23FN4O2/c1-28-11-23(10-25,12-28)21-19(22(29)30)15-7-6-13-9-26-18(8-16(13)20(15)27-21)14-4-2-3-5-17(14)24/h2-5,8-9,27H,6-7,10-12,25H2,1H3,(H,29,30). The SMILES string of the molecule is CN1CC(CN)(c2[nH]c3c(c2C(=O)O)CCc2cnc(-c4ccccc4F)cc2-3)C1. The number of likely N-dealkylation sites (tertiary alicyclic amines) is 1. The summed E-state index contributed by atoms with van der Waals surface area (Å²) in [5.74, 6) is -1.27. The van der Waals surface area contributed by atoms with Gasteiger partial charge in [-0.2, -0.15) is 0 Å². The molecule has 7 heteroatoms. The van der Waals surface area contributed by atoms with Gasteiger partial charge in [-0.3, -0.25) is 4.98 Å². The van der Waals surface area contributed by atoms with Crippen molar-refractivity contribution in [2.45, 2.75) is 18.3 Å². The molecule has 1 aromatic carbocycles. The van der Waals surface area contributed by atoms with E-state index in [2.05, 4.69) is 14.9 Å². The molecule has 1 aliphatic heterocycles. The van der Waals surface area contributed by atoms with Crippen LogP contribution in [0.15, 0.2) is 36.5 Å². The molecule has 2 aliphatic rings. The Labute approximate surface area is 173 Å². The molecule has 3 heterocycles. The Morgan fingerprint density at radius 3 is 2.73 bits per heavy atom. The molecule has 0 saturated carbocycles. The van der Waals surface area contributed by atoms with Gasteiger partial charge in [0.1, 0.15) is 5.82 Å². The fourth-order valence-corrected chi connectivity index (χ4v) is 5.02. The summed E-state index contributed by atoms with van der Waals surface area (Å²) in [7, 11) is 2.00. The van der Waals surface area contributed by atoms with E-state index in [-0.39, 0.29) is 11.2 Å². The number of carboxylic acids is 1. The molecule has 154 valence electrons. The summed E-state index contributed by atoms with van der Waals surface area (Å²) in [6, 6.07) is 8.39. The van der Waals surface area contributed by atoms with E-state index in [4.69, 9.17) is 5.73 Å². The monoisotopic (exact) mass is 406 g/mol. The lowest BCUT2D eigenvalue weighted by molar-refractivity contribution is 0.0672. The number of carbonyl (C=O) groups is 1. The maximum Gasteiger partial charge on any atom is 0.337 e. The highest BCUT2D eigenvalue weighted by Crippen LogP contribution is 2.43. The van der Waals surface area contributed by atoms with E-state index in [1.807, 2.05) is 13.1 Å². The molecule has 0 unspecified atom stereocenters. The van der Waals surface area contributed by atoms with Gasteiger partial charge < -0.3 is 20.7 Å². The number of fused-ring (bicyclic) bond motifs is 3. The van der Waals surface area contributed by atoms with Crippen LogP contribution >= 0.6 is 0 Å².